The molecule has 4 nitrogen and oxygen atoms in total. The normalized spacial score (nSPS) is 22.7. The number of halogens is 4. The van der Waals surface area contributed by atoms with E-state index in [9.17, 15) is 22.4 Å². The predicted octanol–water partition coefficient (Wildman–Crippen LogP) is 2.84. The van der Waals surface area contributed by atoms with Crippen LogP contribution in [0.3, 0.4) is 0 Å². The smallest absolute Gasteiger partial charge is 0.385 e. The van der Waals surface area contributed by atoms with E-state index in [1.807, 2.05) is 0 Å². The topological polar surface area (TPSA) is 58.7 Å². The highest BCUT2D eigenvalue weighted by Crippen LogP contribution is 2.42. The maximum atomic E-state index is 13.2. The molecule has 0 bridgehead atoms. The third-order valence-corrected chi connectivity index (χ3v) is 3.56. The number of amides is 2. The predicted molar refractivity (Wildman–Crippen MR) is 66.0 cm³/mol. The van der Waals surface area contributed by atoms with Crippen molar-refractivity contribution in [3.8, 4) is 0 Å². The van der Waals surface area contributed by atoms with Crippen LogP contribution in [-0.4, -0.2) is 22.8 Å². The van der Waals surface area contributed by atoms with E-state index in [1.165, 1.54) is 4.90 Å². The second kappa shape index (κ2) is 4.44. The molecule has 1 aliphatic carbocycles. The van der Waals surface area contributed by atoms with Crippen LogP contribution in [0.5, 0.6) is 0 Å². The van der Waals surface area contributed by atoms with Gasteiger partial charge in [-0.15, -0.1) is 0 Å². The van der Waals surface area contributed by atoms with Crippen molar-refractivity contribution in [1.29, 1.82) is 0 Å². The summed E-state index contributed by atoms with van der Waals surface area (Å²) in [6, 6.07) is 0.472. The molecule has 0 saturated heterocycles. The van der Waals surface area contributed by atoms with Gasteiger partial charge >= 0.3 is 12.2 Å². The van der Waals surface area contributed by atoms with Gasteiger partial charge in [-0.1, -0.05) is 6.07 Å². The van der Waals surface area contributed by atoms with Crippen LogP contribution < -0.4 is 5.73 Å². The first-order valence-corrected chi connectivity index (χ1v) is 6.32. The number of rotatable bonds is 2. The molecule has 1 fully saturated rings. The molecule has 1 aromatic rings. The van der Waals surface area contributed by atoms with Gasteiger partial charge in [0.05, 0.1) is 5.56 Å². The molecule has 112 valence electrons. The Labute approximate surface area is 117 Å². The maximum absolute atomic E-state index is 13.2. The Hall–Kier alpha value is -2.12. The van der Waals surface area contributed by atoms with Crippen molar-refractivity contribution in [2.24, 2.45) is 10.7 Å². The quantitative estimate of drug-likeness (QED) is 0.854. The van der Waals surface area contributed by atoms with E-state index in [-0.39, 0.29) is 17.4 Å². The van der Waals surface area contributed by atoms with Gasteiger partial charge in [-0.05, 0) is 30.5 Å². The van der Waals surface area contributed by atoms with E-state index >= 15 is 0 Å². The fourth-order valence-corrected chi connectivity index (χ4v) is 2.52. The van der Waals surface area contributed by atoms with Gasteiger partial charge in [0.25, 0.3) is 0 Å². The summed E-state index contributed by atoms with van der Waals surface area (Å²) in [5, 5.41) is 0. The van der Waals surface area contributed by atoms with Crippen molar-refractivity contribution in [2.75, 3.05) is 0 Å². The molecule has 0 radical (unpaired) electrons. The summed E-state index contributed by atoms with van der Waals surface area (Å²) >= 11 is 0. The summed E-state index contributed by atoms with van der Waals surface area (Å²) in [5.74, 6) is -1.19. The number of nitrogens with zero attached hydrogens (tertiary/aromatic N) is 2. The van der Waals surface area contributed by atoms with Gasteiger partial charge in [-0.3, -0.25) is 0 Å². The van der Waals surface area contributed by atoms with Crippen molar-refractivity contribution in [2.45, 2.75) is 31.1 Å². The Bertz CT molecular complexity index is 637. The van der Waals surface area contributed by atoms with Crippen molar-refractivity contribution in [3.05, 3.63) is 35.1 Å². The Morgan fingerprint density at radius 3 is 2.52 bits per heavy atom. The lowest BCUT2D eigenvalue weighted by Gasteiger charge is -2.26. The second-order valence-electron chi connectivity index (χ2n) is 5.09. The molecule has 1 heterocycles. The van der Waals surface area contributed by atoms with Gasteiger partial charge in [-0.25, -0.2) is 9.18 Å². The highest BCUT2D eigenvalue weighted by Gasteiger charge is 2.46. The SMILES string of the molecule is NC1=NC(=O)N(C2CC2)C1c1ccc(F)cc1C(F)(F)F. The molecule has 0 spiro atoms. The molecule has 1 saturated carbocycles. The van der Waals surface area contributed by atoms with Crippen LogP contribution in [0.4, 0.5) is 22.4 Å². The number of amidine groups is 1. The van der Waals surface area contributed by atoms with Crippen molar-refractivity contribution < 1.29 is 22.4 Å². The molecule has 1 aromatic carbocycles. The Morgan fingerprint density at radius 1 is 1.29 bits per heavy atom. The molecule has 21 heavy (non-hydrogen) atoms. The van der Waals surface area contributed by atoms with Gasteiger partial charge in [0.15, 0.2) is 0 Å². The molecular formula is C13H11F4N3O. The van der Waals surface area contributed by atoms with E-state index in [0.29, 0.717) is 18.9 Å². The number of aliphatic imine (C=N–C) groups is 1. The van der Waals surface area contributed by atoms with Crippen molar-refractivity contribution >= 4 is 11.9 Å². The summed E-state index contributed by atoms with van der Waals surface area (Å²) < 4.78 is 52.5. The zero-order valence-electron chi connectivity index (χ0n) is 10.7. The molecule has 8 heteroatoms. The number of carbonyl (C=O) groups excluding carboxylic acids is 1. The fraction of sp³-hybridized carbons (Fsp3) is 0.385. The van der Waals surface area contributed by atoms with Gasteiger partial charge in [-0.2, -0.15) is 18.2 Å². The standard InChI is InChI=1S/C13H11F4N3O/c14-6-1-4-8(9(5-6)13(15,16)17)10-11(18)19-12(21)20(10)7-2-3-7/h1,4-5,7,10H,2-3H2,(H2,18,19,21). The maximum Gasteiger partial charge on any atom is 0.416 e. The van der Waals surface area contributed by atoms with Gasteiger partial charge in [0.1, 0.15) is 17.7 Å². The Kier molecular flexibility index (Phi) is 2.93. The minimum absolute atomic E-state index is 0.154. The van der Waals surface area contributed by atoms with Crippen LogP contribution >= 0.6 is 0 Å². The van der Waals surface area contributed by atoms with Crippen LogP contribution in [-0.2, 0) is 6.18 Å². The average Bonchev–Trinajstić information content (AvgIpc) is 3.15. The molecule has 2 amide bonds. The Morgan fingerprint density at radius 2 is 1.95 bits per heavy atom. The zero-order valence-corrected chi connectivity index (χ0v) is 10.7. The lowest BCUT2D eigenvalue weighted by molar-refractivity contribution is -0.138. The lowest BCUT2D eigenvalue weighted by Crippen LogP contribution is -2.36. The van der Waals surface area contributed by atoms with Crippen molar-refractivity contribution in [3.63, 3.8) is 0 Å². The molecule has 3 rings (SSSR count). The van der Waals surface area contributed by atoms with E-state index < -0.39 is 29.6 Å². The number of hydrogen-bond acceptors (Lipinski definition) is 2. The van der Waals surface area contributed by atoms with Crippen LogP contribution in [0.1, 0.15) is 30.0 Å². The third-order valence-electron chi connectivity index (χ3n) is 3.56. The first-order valence-electron chi connectivity index (χ1n) is 6.32. The molecule has 1 unspecified atom stereocenters. The minimum atomic E-state index is -4.74. The number of urea groups is 1. The van der Waals surface area contributed by atoms with E-state index in [4.69, 9.17) is 5.73 Å². The largest absolute Gasteiger partial charge is 0.416 e. The molecular weight excluding hydrogens is 290 g/mol. The zero-order chi connectivity index (χ0) is 15.4. The molecule has 2 N–H and O–H groups in total. The van der Waals surface area contributed by atoms with E-state index in [0.717, 1.165) is 12.1 Å². The van der Waals surface area contributed by atoms with Crippen LogP contribution in [0.2, 0.25) is 0 Å². The van der Waals surface area contributed by atoms with Crippen molar-refractivity contribution in [1.82, 2.24) is 4.90 Å². The summed E-state index contributed by atoms with van der Waals surface area (Å²) in [5.41, 5.74) is 4.25. The van der Waals surface area contributed by atoms with Gasteiger partial charge < -0.3 is 10.6 Å². The minimum Gasteiger partial charge on any atom is -0.385 e. The van der Waals surface area contributed by atoms with Crippen LogP contribution in [0.15, 0.2) is 23.2 Å². The van der Waals surface area contributed by atoms with Gasteiger partial charge in [0.2, 0.25) is 0 Å². The molecule has 1 atom stereocenters. The number of carbonyl (C=O) groups is 1. The first kappa shape index (κ1) is 13.8. The van der Waals surface area contributed by atoms with Crippen LogP contribution in [0, 0.1) is 5.82 Å². The summed E-state index contributed by atoms with van der Waals surface area (Å²) in [4.78, 5) is 16.6. The first-order chi connectivity index (χ1) is 9.79. The molecule has 1 aliphatic heterocycles. The third kappa shape index (κ3) is 2.34. The number of alkyl halides is 3. The molecule has 2 aliphatic rings. The summed E-state index contributed by atoms with van der Waals surface area (Å²) in [6.07, 6.45) is -3.33. The highest BCUT2D eigenvalue weighted by molar-refractivity contribution is 6.03. The van der Waals surface area contributed by atoms with Gasteiger partial charge in [0, 0.05) is 6.04 Å². The lowest BCUT2D eigenvalue weighted by atomic mass is 9.98. The summed E-state index contributed by atoms with van der Waals surface area (Å²) in [7, 11) is 0. The second-order valence-corrected chi connectivity index (χ2v) is 5.09. The van der Waals surface area contributed by atoms with Crippen LogP contribution in [0.25, 0.3) is 0 Å². The monoisotopic (exact) mass is 301 g/mol. The number of nitrogens with two attached hydrogens (primary N) is 1. The Balaban J connectivity index is 2.11. The fourth-order valence-electron chi connectivity index (χ4n) is 2.52. The summed E-state index contributed by atoms with van der Waals surface area (Å²) in [6.45, 7) is 0. The van der Waals surface area contributed by atoms with E-state index in [2.05, 4.69) is 4.99 Å². The van der Waals surface area contributed by atoms with E-state index in [1.54, 1.807) is 0 Å². The number of hydrogen-bond donors (Lipinski definition) is 1. The number of benzene rings is 1. The average molecular weight is 301 g/mol. The highest BCUT2D eigenvalue weighted by atomic mass is 19.4. The molecule has 0 aromatic heterocycles.